The van der Waals surface area contributed by atoms with E-state index in [-0.39, 0.29) is 11.5 Å². The first-order valence-electron chi connectivity index (χ1n) is 9.00. The molecule has 0 saturated carbocycles. The topological polar surface area (TPSA) is 26.3 Å². The summed E-state index contributed by atoms with van der Waals surface area (Å²) in [6, 6.07) is 0. The van der Waals surface area contributed by atoms with Crippen LogP contribution in [0.2, 0.25) is 0 Å². The number of carbonyl (C=O) groups is 1. The molecule has 3 heteroatoms. The molecule has 0 amide bonds. The summed E-state index contributed by atoms with van der Waals surface area (Å²) in [6.45, 7) is 3.05. The number of rotatable bonds is 8. The highest BCUT2D eigenvalue weighted by Gasteiger charge is 2.40. The lowest BCUT2D eigenvalue weighted by atomic mass is 9.79. The summed E-state index contributed by atoms with van der Waals surface area (Å²) in [5.41, 5.74) is 0.0605. The van der Waals surface area contributed by atoms with Gasteiger partial charge in [0.1, 0.15) is 5.78 Å². The lowest BCUT2D eigenvalue weighted by molar-refractivity contribution is -0.138. The fourth-order valence-electron chi connectivity index (χ4n) is 3.68. The van der Waals surface area contributed by atoms with Crippen LogP contribution in [0.3, 0.4) is 0 Å². The Morgan fingerprint density at radius 2 is 1.86 bits per heavy atom. The maximum absolute atomic E-state index is 12.5. The van der Waals surface area contributed by atoms with Crippen molar-refractivity contribution in [3.8, 4) is 0 Å². The molecule has 0 aliphatic carbocycles. The van der Waals surface area contributed by atoms with Gasteiger partial charge in [-0.15, -0.1) is 0 Å². The molecule has 2 nitrogen and oxygen atoms in total. The van der Waals surface area contributed by atoms with Gasteiger partial charge in [-0.1, -0.05) is 39.0 Å². The van der Waals surface area contributed by atoms with Gasteiger partial charge in [-0.3, -0.25) is 4.79 Å². The van der Waals surface area contributed by atoms with Crippen LogP contribution in [-0.2, 0) is 9.53 Å². The molecule has 21 heavy (non-hydrogen) atoms. The Labute approximate surface area is 134 Å². The first-order chi connectivity index (χ1) is 10.3. The zero-order chi connectivity index (χ0) is 15.0. The van der Waals surface area contributed by atoms with Gasteiger partial charge in [0, 0.05) is 18.9 Å². The monoisotopic (exact) mass is 312 g/mol. The van der Waals surface area contributed by atoms with Crippen molar-refractivity contribution in [2.75, 3.05) is 18.1 Å². The average molecular weight is 313 g/mol. The highest BCUT2D eigenvalue weighted by Crippen LogP contribution is 2.40. The van der Waals surface area contributed by atoms with Crippen LogP contribution in [-0.4, -0.2) is 29.5 Å². The summed E-state index contributed by atoms with van der Waals surface area (Å²) in [4.78, 5) is 12.5. The van der Waals surface area contributed by atoms with E-state index in [0.29, 0.717) is 5.78 Å². The van der Waals surface area contributed by atoms with E-state index in [9.17, 15) is 4.79 Å². The first kappa shape index (κ1) is 17.3. The molecule has 2 aliphatic heterocycles. The van der Waals surface area contributed by atoms with Crippen molar-refractivity contribution in [3.63, 3.8) is 0 Å². The number of thioether (sulfide) groups is 1. The number of ether oxygens (including phenoxy) is 1. The van der Waals surface area contributed by atoms with Crippen LogP contribution in [0.4, 0.5) is 0 Å². The van der Waals surface area contributed by atoms with Crippen LogP contribution in [0.25, 0.3) is 0 Å². The Hall–Kier alpha value is -0.0200. The predicted molar refractivity (Wildman–Crippen MR) is 91.0 cm³/mol. The zero-order valence-electron chi connectivity index (χ0n) is 13.7. The number of hydrogen-bond acceptors (Lipinski definition) is 3. The van der Waals surface area contributed by atoms with E-state index < -0.39 is 0 Å². The fourth-order valence-corrected chi connectivity index (χ4v) is 4.91. The summed E-state index contributed by atoms with van der Waals surface area (Å²) in [5, 5.41) is 0. The van der Waals surface area contributed by atoms with Gasteiger partial charge in [-0.25, -0.2) is 0 Å². The van der Waals surface area contributed by atoms with Crippen molar-refractivity contribution in [3.05, 3.63) is 0 Å². The Balaban J connectivity index is 1.67. The normalized spacial score (nSPS) is 25.1. The van der Waals surface area contributed by atoms with Gasteiger partial charge >= 0.3 is 0 Å². The SMILES string of the molecule is CCCCCCCCC(=O)C1CCOC2(CCSCC2)C1. The summed E-state index contributed by atoms with van der Waals surface area (Å²) < 4.78 is 6.09. The van der Waals surface area contributed by atoms with E-state index in [0.717, 1.165) is 45.1 Å². The molecule has 1 unspecified atom stereocenters. The molecule has 0 aromatic heterocycles. The Bertz CT molecular complexity index is 305. The van der Waals surface area contributed by atoms with Gasteiger partial charge in [0.2, 0.25) is 0 Å². The second-order valence-electron chi connectivity index (χ2n) is 6.82. The number of unbranched alkanes of at least 4 members (excludes halogenated alkanes) is 5. The summed E-state index contributed by atoms with van der Waals surface area (Å²) in [5.74, 6) is 3.22. The molecule has 2 aliphatic rings. The van der Waals surface area contributed by atoms with Gasteiger partial charge in [0.05, 0.1) is 5.60 Å². The van der Waals surface area contributed by atoms with Crippen LogP contribution < -0.4 is 0 Å². The second kappa shape index (κ2) is 9.19. The average Bonchev–Trinajstić information content (AvgIpc) is 2.51. The third-order valence-corrected chi connectivity index (χ3v) is 6.11. The molecule has 0 aromatic carbocycles. The quantitative estimate of drug-likeness (QED) is 0.590. The largest absolute Gasteiger partial charge is 0.375 e. The number of hydrogen-bond donors (Lipinski definition) is 0. The highest BCUT2D eigenvalue weighted by molar-refractivity contribution is 7.99. The van der Waals surface area contributed by atoms with Crippen molar-refractivity contribution in [1.29, 1.82) is 0 Å². The molecule has 0 aromatic rings. The molecular weight excluding hydrogens is 280 g/mol. The van der Waals surface area contributed by atoms with Crippen molar-refractivity contribution < 1.29 is 9.53 Å². The van der Waals surface area contributed by atoms with Crippen LogP contribution in [0, 0.1) is 5.92 Å². The highest BCUT2D eigenvalue weighted by atomic mass is 32.2. The molecule has 1 spiro atoms. The smallest absolute Gasteiger partial charge is 0.136 e. The molecular formula is C18H32O2S. The molecule has 122 valence electrons. The third kappa shape index (κ3) is 5.59. The van der Waals surface area contributed by atoms with E-state index >= 15 is 0 Å². The Kier molecular flexibility index (Phi) is 7.59. The second-order valence-corrected chi connectivity index (χ2v) is 8.04. The van der Waals surface area contributed by atoms with Crippen molar-refractivity contribution in [1.82, 2.24) is 0 Å². The zero-order valence-corrected chi connectivity index (χ0v) is 14.5. The van der Waals surface area contributed by atoms with Crippen LogP contribution >= 0.6 is 11.8 Å². The summed E-state index contributed by atoms with van der Waals surface area (Å²) >= 11 is 2.03. The minimum atomic E-state index is 0.0605. The van der Waals surface area contributed by atoms with E-state index in [4.69, 9.17) is 4.74 Å². The Morgan fingerprint density at radius 1 is 1.14 bits per heavy atom. The lowest BCUT2D eigenvalue weighted by Crippen LogP contribution is -2.44. The lowest BCUT2D eigenvalue weighted by Gasteiger charge is -2.43. The molecule has 0 N–H and O–H groups in total. The fraction of sp³-hybridized carbons (Fsp3) is 0.944. The third-order valence-electron chi connectivity index (χ3n) is 5.13. The first-order valence-corrected chi connectivity index (χ1v) is 10.2. The molecule has 2 rings (SSSR count). The van der Waals surface area contributed by atoms with Gasteiger partial charge in [-0.2, -0.15) is 11.8 Å². The van der Waals surface area contributed by atoms with Crippen LogP contribution in [0.1, 0.15) is 77.6 Å². The molecule has 2 fully saturated rings. The number of ketones is 1. The standard InChI is InChI=1S/C18H32O2S/c1-2-3-4-5-6-7-8-17(19)16-9-12-20-18(15-16)10-13-21-14-11-18/h16H,2-15H2,1H3. The van der Waals surface area contributed by atoms with Crippen molar-refractivity contribution in [2.24, 2.45) is 5.92 Å². The van der Waals surface area contributed by atoms with Crippen LogP contribution in [0.5, 0.6) is 0 Å². The van der Waals surface area contributed by atoms with Crippen molar-refractivity contribution >= 4 is 17.5 Å². The molecule has 0 bridgehead atoms. The minimum Gasteiger partial charge on any atom is -0.375 e. The number of carbonyl (C=O) groups excluding carboxylic acids is 1. The van der Waals surface area contributed by atoms with Gasteiger partial charge < -0.3 is 4.74 Å². The van der Waals surface area contributed by atoms with E-state index in [2.05, 4.69) is 6.92 Å². The summed E-state index contributed by atoms with van der Waals surface area (Å²) in [6.07, 6.45) is 12.7. The predicted octanol–water partition coefficient (Wildman–Crippen LogP) is 5.00. The van der Waals surface area contributed by atoms with E-state index in [1.54, 1.807) is 0 Å². The number of Topliss-reactive ketones (excluding diaryl/α,β-unsaturated/α-hetero) is 1. The summed E-state index contributed by atoms with van der Waals surface area (Å²) in [7, 11) is 0. The van der Waals surface area contributed by atoms with E-state index in [1.165, 1.54) is 43.6 Å². The molecule has 2 heterocycles. The van der Waals surface area contributed by atoms with E-state index in [1.807, 2.05) is 11.8 Å². The van der Waals surface area contributed by atoms with Gasteiger partial charge in [0.25, 0.3) is 0 Å². The van der Waals surface area contributed by atoms with Gasteiger partial charge in [-0.05, 0) is 43.6 Å². The molecule has 0 radical (unpaired) electrons. The molecule has 2 saturated heterocycles. The van der Waals surface area contributed by atoms with Crippen molar-refractivity contribution in [2.45, 2.75) is 83.2 Å². The minimum absolute atomic E-state index is 0.0605. The Morgan fingerprint density at radius 3 is 2.62 bits per heavy atom. The van der Waals surface area contributed by atoms with Gasteiger partial charge in [0.15, 0.2) is 0 Å². The maximum atomic E-state index is 12.5. The maximum Gasteiger partial charge on any atom is 0.136 e. The molecule has 1 atom stereocenters. The van der Waals surface area contributed by atoms with Crippen LogP contribution in [0.15, 0.2) is 0 Å².